The highest BCUT2D eigenvalue weighted by Crippen LogP contribution is 2.26. The second-order valence-electron chi connectivity index (χ2n) is 11.7. The van der Waals surface area contributed by atoms with Gasteiger partial charge in [0.05, 0.1) is 18.6 Å². The number of anilines is 1. The zero-order valence-corrected chi connectivity index (χ0v) is 28.8. The predicted octanol–water partition coefficient (Wildman–Crippen LogP) is 7.03. The summed E-state index contributed by atoms with van der Waals surface area (Å²) in [5.41, 5.74) is 2.07. The summed E-state index contributed by atoms with van der Waals surface area (Å²) in [6.07, 6.45) is 6.82. The van der Waals surface area contributed by atoms with Gasteiger partial charge in [0.2, 0.25) is 21.8 Å². The molecule has 3 aromatic carbocycles. The molecule has 0 unspecified atom stereocenters. The first kappa shape index (κ1) is 35.6. The Kier molecular flexibility index (Phi) is 13.2. The average molecular weight is 689 g/mol. The van der Waals surface area contributed by atoms with E-state index in [1.54, 1.807) is 47.4 Å². The summed E-state index contributed by atoms with van der Waals surface area (Å²) in [4.78, 5) is 29.7. The number of hydrogen-bond acceptors (Lipinski definition) is 5. The van der Waals surface area contributed by atoms with E-state index in [4.69, 9.17) is 27.9 Å². The van der Waals surface area contributed by atoms with Crippen LogP contribution in [-0.2, 0) is 32.6 Å². The Bertz CT molecular complexity index is 1550. The normalized spacial score (nSPS) is 14.3. The third-order valence-corrected chi connectivity index (χ3v) is 9.95. The van der Waals surface area contributed by atoms with Crippen molar-refractivity contribution < 1.29 is 22.7 Å². The molecule has 8 nitrogen and oxygen atoms in total. The minimum Gasteiger partial charge on any atom is -0.494 e. The van der Waals surface area contributed by atoms with Gasteiger partial charge in [-0.05, 0) is 73.7 Å². The van der Waals surface area contributed by atoms with Gasteiger partial charge in [-0.2, -0.15) is 0 Å². The molecule has 1 fully saturated rings. The van der Waals surface area contributed by atoms with Gasteiger partial charge in [-0.3, -0.25) is 13.9 Å². The Balaban J connectivity index is 1.59. The van der Waals surface area contributed by atoms with Gasteiger partial charge in [-0.1, -0.05) is 78.9 Å². The number of hydrogen-bond donors (Lipinski definition) is 1. The van der Waals surface area contributed by atoms with E-state index < -0.39 is 16.1 Å². The van der Waals surface area contributed by atoms with Crippen molar-refractivity contribution in [3.63, 3.8) is 0 Å². The largest absolute Gasteiger partial charge is 0.494 e. The predicted molar refractivity (Wildman–Crippen MR) is 185 cm³/mol. The summed E-state index contributed by atoms with van der Waals surface area (Å²) in [6, 6.07) is 20.8. The van der Waals surface area contributed by atoms with Gasteiger partial charge in [-0.25, -0.2) is 8.42 Å². The third-order valence-electron chi connectivity index (χ3n) is 8.17. The van der Waals surface area contributed by atoms with E-state index in [2.05, 4.69) is 5.32 Å². The molecule has 0 spiro atoms. The van der Waals surface area contributed by atoms with Crippen molar-refractivity contribution in [3.8, 4) is 5.75 Å². The Morgan fingerprint density at radius 2 is 1.67 bits per heavy atom. The number of nitrogens with one attached hydrogen (secondary N) is 1. The maximum absolute atomic E-state index is 14.1. The van der Waals surface area contributed by atoms with Crippen LogP contribution in [0.4, 0.5) is 5.69 Å². The van der Waals surface area contributed by atoms with Gasteiger partial charge in [0.25, 0.3) is 0 Å². The van der Waals surface area contributed by atoms with E-state index in [-0.39, 0.29) is 43.8 Å². The van der Waals surface area contributed by atoms with Gasteiger partial charge in [-0.15, -0.1) is 0 Å². The van der Waals surface area contributed by atoms with Crippen molar-refractivity contribution in [3.05, 3.63) is 94.0 Å². The Morgan fingerprint density at radius 1 is 0.978 bits per heavy atom. The first-order chi connectivity index (χ1) is 22.0. The molecule has 1 saturated carbocycles. The molecule has 1 N–H and O–H groups in total. The molecule has 0 saturated heterocycles. The number of carbonyl (C=O) groups is 2. The molecule has 2 amide bonds. The smallest absolute Gasteiger partial charge is 0.243 e. The molecule has 0 radical (unpaired) electrons. The molecule has 4 rings (SSSR count). The van der Waals surface area contributed by atoms with Crippen LogP contribution in [0.25, 0.3) is 0 Å². The number of benzene rings is 3. The van der Waals surface area contributed by atoms with Crippen molar-refractivity contribution in [2.24, 2.45) is 0 Å². The number of rotatable bonds is 15. The molecule has 3 aromatic rings. The molecule has 11 heteroatoms. The molecule has 0 bridgehead atoms. The van der Waals surface area contributed by atoms with Gasteiger partial charge in [0.15, 0.2) is 0 Å². The Morgan fingerprint density at radius 3 is 2.30 bits per heavy atom. The van der Waals surface area contributed by atoms with Crippen molar-refractivity contribution >= 4 is 50.7 Å². The summed E-state index contributed by atoms with van der Waals surface area (Å²) < 4.78 is 32.3. The summed E-state index contributed by atoms with van der Waals surface area (Å²) in [6.45, 7) is 2.56. The van der Waals surface area contributed by atoms with Crippen LogP contribution in [0.2, 0.25) is 10.0 Å². The fraction of sp³-hybridized carbons (Fsp3) is 0.429. The molecule has 1 aliphatic rings. The van der Waals surface area contributed by atoms with Crippen LogP contribution in [0.15, 0.2) is 72.8 Å². The summed E-state index contributed by atoms with van der Waals surface area (Å²) in [5, 5.41) is 4.10. The van der Waals surface area contributed by atoms with Crippen molar-refractivity contribution in [1.29, 1.82) is 0 Å². The molecule has 248 valence electrons. The second-order valence-corrected chi connectivity index (χ2v) is 14.4. The first-order valence-corrected chi connectivity index (χ1v) is 18.4. The number of sulfonamides is 1. The molecule has 0 heterocycles. The summed E-state index contributed by atoms with van der Waals surface area (Å²) in [7, 11) is -3.63. The minimum absolute atomic E-state index is 0.0241. The summed E-state index contributed by atoms with van der Waals surface area (Å²) >= 11 is 12.7. The lowest BCUT2D eigenvalue weighted by molar-refractivity contribution is -0.141. The van der Waals surface area contributed by atoms with Crippen LogP contribution in [0, 0.1) is 0 Å². The number of ether oxygens (including phenoxy) is 1. The zero-order valence-electron chi connectivity index (χ0n) is 26.5. The quantitative estimate of drug-likeness (QED) is 0.185. The molecule has 0 aromatic heterocycles. The minimum atomic E-state index is -3.63. The van der Waals surface area contributed by atoms with Crippen LogP contribution in [-0.4, -0.2) is 56.6 Å². The molecular weight excluding hydrogens is 645 g/mol. The van der Waals surface area contributed by atoms with Crippen LogP contribution in [0.5, 0.6) is 5.75 Å². The SMILES string of the molecule is CCOc1ccc(N(CCCC(=O)N(Cc2ccc(Cl)cc2Cl)[C@H](Cc2ccccc2)C(=O)NC2CCCCC2)S(C)(=O)=O)cc1. The Hall–Kier alpha value is -3.27. The van der Waals surface area contributed by atoms with Crippen molar-refractivity contribution in [1.82, 2.24) is 10.2 Å². The standard InChI is InChI=1S/C35H43Cl2N3O5S/c1-3-45-31-20-18-30(19-21-31)40(46(2,43)44)22-10-15-34(41)39(25-27-16-17-28(36)24-32(27)37)33(23-26-11-6-4-7-12-26)35(42)38-29-13-8-5-9-14-29/h4,6-7,11-12,16-21,24,29,33H,3,5,8-10,13-15,22-23,25H2,1-2H3,(H,38,42)/t33-/m1/s1. The fourth-order valence-electron chi connectivity index (χ4n) is 5.81. The number of nitrogens with zero attached hydrogens (tertiary/aromatic N) is 2. The van der Waals surface area contributed by atoms with Gasteiger partial charge >= 0.3 is 0 Å². The van der Waals surface area contributed by atoms with E-state index in [9.17, 15) is 18.0 Å². The van der Waals surface area contributed by atoms with E-state index in [1.165, 1.54) is 4.31 Å². The summed E-state index contributed by atoms with van der Waals surface area (Å²) in [5.74, 6) is 0.162. The topological polar surface area (TPSA) is 96.0 Å². The van der Waals surface area contributed by atoms with Crippen LogP contribution < -0.4 is 14.4 Å². The highest BCUT2D eigenvalue weighted by Gasteiger charge is 2.32. The number of halogens is 2. The zero-order chi connectivity index (χ0) is 33.1. The molecular formula is C35H43Cl2N3O5S. The lowest BCUT2D eigenvalue weighted by Gasteiger charge is -2.34. The highest BCUT2D eigenvalue weighted by atomic mass is 35.5. The highest BCUT2D eigenvalue weighted by molar-refractivity contribution is 7.92. The van der Waals surface area contributed by atoms with Gasteiger partial charge in [0, 0.05) is 42.0 Å². The molecule has 1 atom stereocenters. The van der Waals surface area contributed by atoms with E-state index in [0.29, 0.717) is 40.1 Å². The van der Waals surface area contributed by atoms with Crippen molar-refractivity contribution in [2.75, 3.05) is 23.7 Å². The van der Waals surface area contributed by atoms with Gasteiger partial charge < -0.3 is 15.0 Å². The van der Waals surface area contributed by atoms with E-state index in [1.807, 2.05) is 37.3 Å². The Labute approximate surface area is 283 Å². The van der Waals surface area contributed by atoms with Gasteiger partial charge in [0.1, 0.15) is 11.8 Å². The van der Waals surface area contributed by atoms with Crippen molar-refractivity contribution in [2.45, 2.75) is 76.9 Å². The molecule has 46 heavy (non-hydrogen) atoms. The first-order valence-electron chi connectivity index (χ1n) is 15.8. The van der Waals surface area contributed by atoms with Crippen LogP contribution in [0.1, 0.15) is 63.0 Å². The van der Waals surface area contributed by atoms with Crippen LogP contribution >= 0.6 is 23.2 Å². The maximum Gasteiger partial charge on any atom is 0.243 e. The lowest BCUT2D eigenvalue weighted by Crippen LogP contribution is -2.53. The molecule has 1 aliphatic carbocycles. The van der Waals surface area contributed by atoms with E-state index >= 15 is 0 Å². The van der Waals surface area contributed by atoms with Crippen LogP contribution in [0.3, 0.4) is 0 Å². The second kappa shape index (κ2) is 17.0. The number of carbonyl (C=O) groups excluding carboxylic acids is 2. The number of amides is 2. The fourth-order valence-corrected chi connectivity index (χ4v) is 7.24. The lowest BCUT2D eigenvalue weighted by atomic mass is 9.94. The monoisotopic (exact) mass is 687 g/mol. The average Bonchev–Trinajstić information content (AvgIpc) is 3.03. The molecule has 0 aliphatic heterocycles. The third kappa shape index (κ3) is 10.4. The maximum atomic E-state index is 14.1. The van der Waals surface area contributed by atoms with E-state index in [0.717, 1.165) is 43.9 Å².